The maximum atomic E-state index is 12.9. The predicted molar refractivity (Wildman–Crippen MR) is 73.7 cm³/mol. The van der Waals surface area contributed by atoms with Crippen LogP contribution in [-0.4, -0.2) is 16.6 Å². The van der Waals surface area contributed by atoms with E-state index in [1.54, 1.807) is 0 Å². The molecule has 0 aliphatic heterocycles. The Morgan fingerprint density at radius 1 is 1.05 bits per heavy atom. The number of hydrogen-bond donors (Lipinski definition) is 2. The zero-order valence-electron chi connectivity index (χ0n) is 11.7. The van der Waals surface area contributed by atoms with Crippen molar-refractivity contribution in [2.75, 3.05) is 11.9 Å². The summed E-state index contributed by atoms with van der Waals surface area (Å²) in [6.45, 7) is 1.52. The summed E-state index contributed by atoms with van der Waals surface area (Å²) >= 11 is 0. The molecule has 0 radical (unpaired) electrons. The van der Waals surface area contributed by atoms with E-state index in [1.165, 1.54) is 37.3 Å². The molecule has 1 unspecified atom stereocenters. The molecular weight excluding hydrogens is 300 g/mol. The van der Waals surface area contributed by atoms with Crippen molar-refractivity contribution in [1.29, 1.82) is 0 Å². The summed E-state index contributed by atoms with van der Waals surface area (Å²) in [6, 6.07) is 7.42. The summed E-state index contributed by atoms with van der Waals surface area (Å²) < 4.78 is 50.1. The third-order valence-corrected chi connectivity index (χ3v) is 3.17. The number of rotatable bonds is 4. The molecule has 2 rings (SSSR count). The third kappa shape index (κ3) is 3.94. The molecular formula is C15H14F4N2O. The van der Waals surface area contributed by atoms with E-state index in [0.29, 0.717) is 5.56 Å². The number of aliphatic hydroxyl groups is 1. The fraction of sp³-hybridized carbons (Fsp3) is 0.267. The van der Waals surface area contributed by atoms with Gasteiger partial charge in [-0.05, 0) is 36.8 Å². The van der Waals surface area contributed by atoms with Crippen LogP contribution >= 0.6 is 0 Å². The smallest absolute Gasteiger partial charge is 0.384 e. The van der Waals surface area contributed by atoms with Gasteiger partial charge in [0.1, 0.15) is 17.2 Å². The van der Waals surface area contributed by atoms with Gasteiger partial charge in [0.15, 0.2) is 0 Å². The Bertz CT molecular complexity index is 621. The minimum Gasteiger partial charge on any atom is -0.384 e. The molecule has 7 heteroatoms. The lowest BCUT2D eigenvalue weighted by Gasteiger charge is -2.24. The second kappa shape index (κ2) is 5.92. The van der Waals surface area contributed by atoms with Crippen LogP contribution in [-0.2, 0) is 11.8 Å². The Morgan fingerprint density at radius 3 is 2.14 bits per heavy atom. The molecule has 3 nitrogen and oxygen atoms in total. The number of hydrogen-bond acceptors (Lipinski definition) is 3. The summed E-state index contributed by atoms with van der Waals surface area (Å²) in [5, 5.41) is 13.1. The molecule has 2 N–H and O–H groups in total. The molecule has 0 spiro atoms. The molecule has 0 saturated carbocycles. The van der Waals surface area contributed by atoms with Gasteiger partial charge in [0.2, 0.25) is 0 Å². The van der Waals surface area contributed by atoms with Crippen molar-refractivity contribution >= 4 is 5.82 Å². The Labute approximate surface area is 124 Å². The first-order valence-electron chi connectivity index (χ1n) is 6.44. The molecule has 0 bridgehead atoms. The van der Waals surface area contributed by atoms with Crippen molar-refractivity contribution in [2.24, 2.45) is 0 Å². The highest BCUT2D eigenvalue weighted by Crippen LogP contribution is 2.29. The highest BCUT2D eigenvalue weighted by molar-refractivity contribution is 5.37. The number of benzene rings is 1. The van der Waals surface area contributed by atoms with Crippen molar-refractivity contribution in [3.05, 3.63) is 59.5 Å². The van der Waals surface area contributed by atoms with Gasteiger partial charge in [-0.3, -0.25) is 0 Å². The molecule has 22 heavy (non-hydrogen) atoms. The van der Waals surface area contributed by atoms with Gasteiger partial charge in [-0.15, -0.1) is 0 Å². The minimum absolute atomic E-state index is 0.0109. The fourth-order valence-electron chi connectivity index (χ4n) is 1.84. The molecule has 0 aliphatic carbocycles. The van der Waals surface area contributed by atoms with Crippen LogP contribution in [0.1, 0.15) is 18.1 Å². The molecule has 0 amide bonds. The van der Waals surface area contributed by atoms with Crippen LogP contribution in [0, 0.1) is 5.82 Å². The average Bonchev–Trinajstić information content (AvgIpc) is 2.45. The summed E-state index contributed by atoms with van der Waals surface area (Å²) in [4.78, 5) is 3.65. The molecule has 0 saturated heterocycles. The molecule has 2 aromatic rings. The zero-order valence-corrected chi connectivity index (χ0v) is 11.7. The van der Waals surface area contributed by atoms with Gasteiger partial charge in [0.25, 0.3) is 0 Å². The van der Waals surface area contributed by atoms with Gasteiger partial charge in [-0.1, -0.05) is 12.1 Å². The first kappa shape index (κ1) is 16.2. The highest BCUT2D eigenvalue weighted by Gasteiger charge is 2.30. The van der Waals surface area contributed by atoms with Crippen molar-refractivity contribution in [2.45, 2.75) is 18.7 Å². The molecule has 0 fully saturated rings. The number of anilines is 1. The first-order valence-corrected chi connectivity index (χ1v) is 6.44. The van der Waals surface area contributed by atoms with E-state index >= 15 is 0 Å². The van der Waals surface area contributed by atoms with Gasteiger partial charge in [0.05, 0.1) is 5.56 Å². The first-order chi connectivity index (χ1) is 10.2. The van der Waals surface area contributed by atoms with Crippen molar-refractivity contribution in [1.82, 2.24) is 4.98 Å². The standard InChI is InChI=1S/C15H14F4N2O/c1-14(22,10-2-5-12(16)6-3-10)9-21-13-7-4-11(8-20-13)15(17,18)19/h2-8,22H,9H2,1H3,(H,20,21). The van der Waals surface area contributed by atoms with E-state index in [2.05, 4.69) is 10.3 Å². The zero-order chi connectivity index (χ0) is 16.4. The molecule has 1 atom stereocenters. The largest absolute Gasteiger partial charge is 0.417 e. The van der Waals surface area contributed by atoms with Gasteiger partial charge < -0.3 is 10.4 Å². The lowest BCUT2D eigenvalue weighted by atomic mass is 9.96. The quantitative estimate of drug-likeness (QED) is 0.848. The topological polar surface area (TPSA) is 45.1 Å². The van der Waals surface area contributed by atoms with E-state index in [9.17, 15) is 22.7 Å². The van der Waals surface area contributed by atoms with Crippen molar-refractivity contribution in [3.8, 4) is 0 Å². The van der Waals surface area contributed by atoms with Crippen LogP contribution in [0.3, 0.4) is 0 Å². The average molecular weight is 314 g/mol. The van der Waals surface area contributed by atoms with Gasteiger partial charge >= 0.3 is 6.18 Å². The molecule has 0 aliphatic rings. The number of alkyl halides is 3. The fourth-order valence-corrected chi connectivity index (χ4v) is 1.84. The molecule has 1 aromatic carbocycles. The molecule has 1 aromatic heterocycles. The lowest BCUT2D eigenvalue weighted by Crippen LogP contribution is -2.31. The van der Waals surface area contributed by atoms with Crippen LogP contribution < -0.4 is 5.32 Å². The summed E-state index contributed by atoms with van der Waals surface area (Å²) in [6.07, 6.45) is -3.72. The SMILES string of the molecule is CC(O)(CNc1ccc(C(F)(F)F)cn1)c1ccc(F)cc1. The number of nitrogens with zero attached hydrogens (tertiary/aromatic N) is 1. The van der Waals surface area contributed by atoms with E-state index in [4.69, 9.17) is 0 Å². The Balaban J connectivity index is 2.04. The molecule has 1 heterocycles. The monoisotopic (exact) mass is 314 g/mol. The van der Waals surface area contributed by atoms with Crippen molar-refractivity contribution < 1.29 is 22.7 Å². The Kier molecular flexibility index (Phi) is 4.37. The van der Waals surface area contributed by atoms with Gasteiger partial charge in [0, 0.05) is 12.7 Å². The summed E-state index contributed by atoms with van der Waals surface area (Å²) in [7, 11) is 0. The minimum atomic E-state index is -4.44. The van der Waals surface area contributed by atoms with Gasteiger partial charge in [-0.2, -0.15) is 13.2 Å². The van der Waals surface area contributed by atoms with Crippen molar-refractivity contribution in [3.63, 3.8) is 0 Å². The Hall–Kier alpha value is -2.15. The predicted octanol–water partition coefficient (Wildman–Crippen LogP) is 3.56. The number of nitrogens with one attached hydrogen (secondary N) is 1. The maximum absolute atomic E-state index is 12.9. The van der Waals surface area contributed by atoms with Crippen LogP contribution in [0.2, 0.25) is 0 Å². The number of halogens is 4. The third-order valence-electron chi connectivity index (χ3n) is 3.17. The van der Waals surface area contributed by atoms with Gasteiger partial charge in [-0.25, -0.2) is 9.37 Å². The Morgan fingerprint density at radius 2 is 1.64 bits per heavy atom. The summed E-state index contributed by atoms with van der Waals surface area (Å²) in [5.41, 5.74) is -1.69. The van der Waals surface area contributed by atoms with E-state index in [1.807, 2.05) is 0 Å². The highest BCUT2D eigenvalue weighted by atomic mass is 19.4. The number of aromatic nitrogens is 1. The number of pyridine rings is 1. The molecule has 118 valence electrons. The maximum Gasteiger partial charge on any atom is 0.417 e. The second-order valence-electron chi connectivity index (χ2n) is 5.06. The van der Waals surface area contributed by atoms with Crippen LogP contribution in [0.4, 0.5) is 23.4 Å². The van der Waals surface area contributed by atoms with E-state index in [0.717, 1.165) is 12.3 Å². The van der Waals surface area contributed by atoms with E-state index < -0.39 is 23.2 Å². The lowest BCUT2D eigenvalue weighted by molar-refractivity contribution is -0.137. The normalized spacial score (nSPS) is 14.5. The van der Waals surface area contributed by atoms with Crippen LogP contribution in [0.5, 0.6) is 0 Å². The summed E-state index contributed by atoms with van der Waals surface area (Å²) in [5.74, 6) is -0.215. The second-order valence-corrected chi connectivity index (χ2v) is 5.06. The van der Waals surface area contributed by atoms with Crippen LogP contribution in [0.15, 0.2) is 42.6 Å². The van der Waals surface area contributed by atoms with Crippen LogP contribution in [0.25, 0.3) is 0 Å². The van der Waals surface area contributed by atoms with E-state index in [-0.39, 0.29) is 12.4 Å².